The molecule has 0 aliphatic rings. The van der Waals surface area contributed by atoms with E-state index in [1.165, 1.54) is 17.0 Å². The summed E-state index contributed by atoms with van der Waals surface area (Å²) in [5.41, 5.74) is 0.714. The molecular weight excluding hydrogens is 395 g/mol. The minimum absolute atomic E-state index is 0.00423. The molecule has 0 aliphatic carbocycles. The van der Waals surface area contributed by atoms with Crippen LogP contribution in [-0.4, -0.2) is 35.4 Å². The van der Waals surface area contributed by atoms with Gasteiger partial charge in [-0.2, -0.15) is 0 Å². The van der Waals surface area contributed by atoms with Gasteiger partial charge in [-0.05, 0) is 56.2 Å². The first kappa shape index (κ1) is 22.7. The number of ether oxygens (including phenoxy) is 1. The molecular formula is C22H26ClFN2O3. The minimum atomic E-state index is -0.718. The largest absolute Gasteiger partial charge is 0.484 e. The van der Waals surface area contributed by atoms with Gasteiger partial charge in [0.15, 0.2) is 6.61 Å². The first-order valence-corrected chi connectivity index (χ1v) is 9.90. The first-order chi connectivity index (χ1) is 13.8. The number of benzene rings is 2. The van der Waals surface area contributed by atoms with Gasteiger partial charge in [0.2, 0.25) is 5.91 Å². The average molecular weight is 421 g/mol. The molecule has 2 aromatic rings. The second kappa shape index (κ2) is 10.8. The normalized spacial score (nSPS) is 12.7. The number of nitrogens with one attached hydrogen (secondary N) is 1. The molecule has 156 valence electrons. The van der Waals surface area contributed by atoms with Crippen molar-refractivity contribution in [1.29, 1.82) is 0 Å². The molecule has 2 atom stereocenters. The summed E-state index contributed by atoms with van der Waals surface area (Å²) in [7, 11) is 0. The molecule has 2 amide bonds. The molecule has 0 heterocycles. The number of nitrogens with zero attached hydrogens (tertiary/aromatic N) is 1. The fourth-order valence-electron chi connectivity index (χ4n) is 2.62. The maximum absolute atomic E-state index is 13.2. The Balaban J connectivity index is 2.14. The number of rotatable bonds is 9. The number of hydrogen-bond donors (Lipinski definition) is 1. The second-order valence-electron chi connectivity index (χ2n) is 6.89. The van der Waals surface area contributed by atoms with E-state index in [9.17, 15) is 14.0 Å². The van der Waals surface area contributed by atoms with Crippen molar-refractivity contribution in [2.75, 3.05) is 6.61 Å². The van der Waals surface area contributed by atoms with Crippen LogP contribution in [0.5, 0.6) is 5.75 Å². The van der Waals surface area contributed by atoms with E-state index in [-0.39, 0.29) is 36.8 Å². The lowest BCUT2D eigenvalue weighted by molar-refractivity contribution is -0.142. The summed E-state index contributed by atoms with van der Waals surface area (Å²) < 4.78 is 18.8. The van der Waals surface area contributed by atoms with Crippen LogP contribution in [0.3, 0.4) is 0 Å². The van der Waals surface area contributed by atoms with Crippen molar-refractivity contribution in [2.45, 2.75) is 45.8 Å². The standard InChI is InChI=1S/C22H26ClFN2O3/c1-4-15(2)25-22(28)16(3)26(13-17-8-10-19(24)11-9-17)21(27)14-29-20-7-5-6-18(23)12-20/h5-12,15-16H,4,13-14H2,1-3H3,(H,25,28)/t15-,16+/m1/s1. The van der Waals surface area contributed by atoms with Crippen LogP contribution in [0.15, 0.2) is 48.5 Å². The van der Waals surface area contributed by atoms with Gasteiger partial charge in [-0.15, -0.1) is 0 Å². The summed E-state index contributed by atoms with van der Waals surface area (Å²) >= 11 is 5.94. The summed E-state index contributed by atoms with van der Waals surface area (Å²) in [4.78, 5) is 26.9. The molecule has 0 saturated heterocycles. The summed E-state index contributed by atoms with van der Waals surface area (Å²) in [6, 6.07) is 11.8. The second-order valence-corrected chi connectivity index (χ2v) is 7.32. The number of amides is 2. The Morgan fingerprint density at radius 1 is 1.17 bits per heavy atom. The van der Waals surface area contributed by atoms with Gasteiger partial charge in [0.25, 0.3) is 5.91 Å². The highest BCUT2D eigenvalue weighted by Gasteiger charge is 2.27. The Bertz CT molecular complexity index is 829. The van der Waals surface area contributed by atoms with E-state index < -0.39 is 6.04 Å². The van der Waals surface area contributed by atoms with Crippen LogP contribution in [0.1, 0.15) is 32.8 Å². The molecule has 0 fully saturated rings. The highest BCUT2D eigenvalue weighted by molar-refractivity contribution is 6.30. The topological polar surface area (TPSA) is 58.6 Å². The Kier molecular flexibility index (Phi) is 8.46. The molecule has 0 aromatic heterocycles. The van der Waals surface area contributed by atoms with Crippen molar-refractivity contribution in [3.63, 3.8) is 0 Å². The van der Waals surface area contributed by atoms with Gasteiger partial charge in [-0.1, -0.05) is 36.7 Å². The van der Waals surface area contributed by atoms with Crippen LogP contribution in [0, 0.1) is 5.82 Å². The van der Waals surface area contributed by atoms with Gasteiger partial charge in [0.05, 0.1) is 0 Å². The van der Waals surface area contributed by atoms with Crippen molar-refractivity contribution in [3.05, 3.63) is 64.9 Å². The molecule has 0 saturated carbocycles. The van der Waals surface area contributed by atoms with Gasteiger partial charge in [0.1, 0.15) is 17.6 Å². The molecule has 29 heavy (non-hydrogen) atoms. The van der Waals surface area contributed by atoms with Crippen molar-refractivity contribution >= 4 is 23.4 Å². The van der Waals surface area contributed by atoms with E-state index in [1.54, 1.807) is 43.3 Å². The van der Waals surface area contributed by atoms with Crippen LogP contribution >= 0.6 is 11.6 Å². The van der Waals surface area contributed by atoms with E-state index in [1.807, 2.05) is 13.8 Å². The lowest BCUT2D eigenvalue weighted by Crippen LogP contribution is -2.50. The summed E-state index contributed by atoms with van der Waals surface area (Å²) in [5, 5.41) is 3.39. The van der Waals surface area contributed by atoms with Gasteiger partial charge in [0, 0.05) is 17.6 Å². The number of carbonyl (C=O) groups excluding carboxylic acids is 2. The summed E-state index contributed by atoms with van der Waals surface area (Å²) in [5.74, 6) is -0.513. The van der Waals surface area contributed by atoms with Gasteiger partial charge in [-0.25, -0.2) is 4.39 Å². The van der Waals surface area contributed by atoms with E-state index in [0.29, 0.717) is 16.3 Å². The molecule has 0 spiro atoms. The summed E-state index contributed by atoms with van der Waals surface area (Å²) in [6.45, 7) is 5.45. The lowest BCUT2D eigenvalue weighted by Gasteiger charge is -2.29. The van der Waals surface area contributed by atoms with Crippen molar-refractivity contribution in [3.8, 4) is 5.75 Å². The monoisotopic (exact) mass is 420 g/mol. The molecule has 7 heteroatoms. The zero-order valence-corrected chi connectivity index (χ0v) is 17.6. The third-order valence-electron chi connectivity index (χ3n) is 4.59. The van der Waals surface area contributed by atoms with Crippen LogP contribution < -0.4 is 10.1 Å². The van der Waals surface area contributed by atoms with Gasteiger partial charge in [-0.3, -0.25) is 9.59 Å². The molecule has 0 unspecified atom stereocenters. The lowest BCUT2D eigenvalue weighted by atomic mass is 10.1. The minimum Gasteiger partial charge on any atom is -0.484 e. The number of halogens is 2. The number of carbonyl (C=O) groups is 2. The third-order valence-corrected chi connectivity index (χ3v) is 4.83. The number of hydrogen-bond acceptors (Lipinski definition) is 3. The Morgan fingerprint density at radius 3 is 2.48 bits per heavy atom. The third kappa shape index (κ3) is 7.06. The predicted octanol–water partition coefficient (Wildman–Crippen LogP) is 4.19. The van der Waals surface area contributed by atoms with E-state index in [4.69, 9.17) is 16.3 Å². The average Bonchev–Trinajstić information content (AvgIpc) is 2.71. The van der Waals surface area contributed by atoms with Gasteiger partial charge < -0.3 is 15.0 Å². The van der Waals surface area contributed by atoms with Crippen molar-refractivity contribution in [2.24, 2.45) is 0 Å². The molecule has 5 nitrogen and oxygen atoms in total. The predicted molar refractivity (Wildman–Crippen MR) is 111 cm³/mol. The maximum Gasteiger partial charge on any atom is 0.261 e. The SMILES string of the molecule is CC[C@@H](C)NC(=O)[C@H](C)N(Cc1ccc(F)cc1)C(=O)COc1cccc(Cl)c1. The zero-order chi connectivity index (χ0) is 21.4. The van der Waals surface area contributed by atoms with Crippen molar-refractivity contribution < 1.29 is 18.7 Å². The maximum atomic E-state index is 13.2. The van der Waals surface area contributed by atoms with Crippen LogP contribution in [0.4, 0.5) is 4.39 Å². The van der Waals surface area contributed by atoms with Crippen LogP contribution in [-0.2, 0) is 16.1 Å². The molecule has 1 N–H and O–H groups in total. The van der Waals surface area contributed by atoms with E-state index >= 15 is 0 Å². The van der Waals surface area contributed by atoms with E-state index in [0.717, 1.165) is 6.42 Å². The van der Waals surface area contributed by atoms with Crippen LogP contribution in [0.2, 0.25) is 5.02 Å². The quantitative estimate of drug-likeness (QED) is 0.661. The fourth-order valence-corrected chi connectivity index (χ4v) is 2.80. The Hall–Kier alpha value is -2.60. The highest BCUT2D eigenvalue weighted by atomic mass is 35.5. The highest BCUT2D eigenvalue weighted by Crippen LogP contribution is 2.18. The first-order valence-electron chi connectivity index (χ1n) is 9.52. The Morgan fingerprint density at radius 2 is 1.86 bits per heavy atom. The molecule has 0 radical (unpaired) electrons. The molecule has 2 aromatic carbocycles. The zero-order valence-electron chi connectivity index (χ0n) is 16.8. The van der Waals surface area contributed by atoms with E-state index in [2.05, 4.69) is 5.32 Å². The van der Waals surface area contributed by atoms with Gasteiger partial charge >= 0.3 is 0 Å². The van der Waals surface area contributed by atoms with Crippen LogP contribution in [0.25, 0.3) is 0 Å². The Labute approximate surface area is 175 Å². The molecule has 0 bridgehead atoms. The van der Waals surface area contributed by atoms with Crippen molar-refractivity contribution in [1.82, 2.24) is 10.2 Å². The fraction of sp³-hybridized carbons (Fsp3) is 0.364. The summed E-state index contributed by atoms with van der Waals surface area (Å²) in [6.07, 6.45) is 0.780. The smallest absolute Gasteiger partial charge is 0.261 e. The molecule has 2 rings (SSSR count). The molecule has 0 aliphatic heterocycles.